The van der Waals surface area contributed by atoms with Gasteiger partial charge in [0.2, 0.25) is 0 Å². The molecule has 0 aromatic heterocycles. The molecule has 0 saturated carbocycles. The fourth-order valence-electron chi connectivity index (χ4n) is 1.06. The molecule has 0 bridgehead atoms. The Balaban J connectivity index is 3.42. The number of ether oxygens (including phenoxy) is 1. The van der Waals surface area contributed by atoms with E-state index in [4.69, 9.17) is 4.74 Å². The Morgan fingerprint density at radius 1 is 1.20 bits per heavy atom. The van der Waals surface area contributed by atoms with Crippen molar-refractivity contribution in [2.75, 3.05) is 39.4 Å². The Morgan fingerprint density at radius 3 is 2.20 bits per heavy atom. The molecule has 0 amide bonds. The highest BCUT2D eigenvalue weighted by Crippen LogP contribution is 2.50. The fraction of sp³-hybridized carbons (Fsp3) is 1.00. The monoisotopic (exact) mass is 163 g/mol. The van der Waals surface area contributed by atoms with Crippen molar-refractivity contribution in [3.05, 3.63) is 0 Å². The average Bonchev–Trinajstić information content (AvgIpc) is 1.84. The molecule has 0 radical (unpaired) electrons. The lowest BCUT2D eigenvalue weighted by Crippen LogP contribution is -2.04. The van der Waals surface area contributed by atoms with Gasteiger partial charge in [-0.15, -0.1) is 0 Å². The van der Waals surface area contributed by atoms with E-state index < -0.39 is 7.26 Å². The van der Waals surface area contributed by atoms with Crippen LogP contribution in [-0.2, 0) is 4.74 Å². The molecule has 0 rings (SSSR count). The molecule has 0 atom stereocenters. The second kappa shape index (κ2) is 5.09. The summed E-state index contributed by atoms with van der Waals surface area (Å²) >= 11 is 0. The predicted molar refractivity (Wildman–Crippen MR) is 50.7 cm³/mol. The smallest absolute Gasteiger partial charge is 0.0822 e. The van der Waals surface area contributed by atoms with Crippen molar-refractivity contribution in [1.29, 1.82) is 0 Å². The van der Waals surface area contributed by atoms with Crippen LogP contribution in [0.15, 0.2) is 0 Å². The first-order valence-electron chi connectivity index (χ1n) is 3.93. The molecule has 10 heavy (non-hydrogen) atoms. The summed E-state index contributed by atoms with van der Waals surface area (Å²) in [5.41, 5.74) is 0. The Morgan fingerprint density at radius 2 is 1.80 bits per heavy atom. The van der Waals surface area contributed by atoms with E-state index in [1.807, 2.05) is 0 Å². The van der Waals surface area contributed by atoms with Crippen LogP contribution in [0.2, 0.25) is 0 Å². The topological polar surface area (TPSA) is 9.23 Å². The molecule has 0 aromatic rings. The number of hydrogen-bond acceptors (Lipinski definition) is 1. The van der Waals surface area contributed by atoms with Gasteiger partial charge >= 0.3 is 0 Å². The van der Waals surface area contributed by atoms with Gasteiger partial charge in [-0.25, -0.2) is 0 Å². The molecule has 0 aliphatic heterocycles. The third-order valence-electron chi connectivity index (χ3n) is 1.73. The molecule has 2 heteroatoms. The van der Waals surface area contributed by atoms with Crippen molar-refractivity contribution < 1.29 is 4.74 Å². The highest BCUT2D eigenvalue weighted by atomic mass is 31.2. The second-order valence-electron chi connectivity index (χ2n) is 3.38. The summed E-state index contributed by atoms with van der Waals surface area (Å²) in [7, 11) is 1.20. The molecule has 0 aliphatic rings. The first kappa shape index (κ1) is 10.4. The standard InChI is InChI=1S/C8H20OP/c1-5-7-10(3,4)8-6-9-2/h5-8H2,1-4H3/q+1. The Labute approximate surface area is 65.5 Å². The minimum absolute atomic E-state index is 0.584. The van der Waals surface area contributed by atoms with Gasteiger partial charge < -0.3 is 4.74 Å². The van der Waals surface area contributed by atoms with Crippen molar-refractivity contribution in [3.63, 3.8) is 0 Å². The normalized spacial score (nSPS) is 12.0. The van der Waals surface area contributed by atoms with Crippen LogP contribution in [0.3, 0.4) is 0 Å². The summed E-state index contributed by atoms with van der Waals surface area (Å²) in [4.78, 5) is 0. The van der Waals surface area contributed by atoms with E-state index in [0.717, 1.165) is 6.61 Å². The van der Waals surface area contributed by atoms with Crippen LogP contribution in [-0.4, -0.2) is 39.4 Å². The lowest BCUT2D eigenvalue weighted by Gasteiger charge is -2.16. The minimum atomic E-state index is -0.584. The van der Waals surface area contributed by atoms with Crippen LogP contribution >= 0.6 is 7.26 Å². The van der Waals surface area contributed by atoms with Crippen LogP contribution in [0.4, 0.5) is 0 Å². The predicted octanol–water partition coefficient (Wildman–Crippen LogP) is 2.32. The van der Waals surface area contributed by atoms with Gasteiger partial charge in [0.25, 0.3) is 0 Å². The van der Waals surface area contributed by atoms with E-state index in [-0.39, 0.29) is 0 Å². The van der Waals surface area contributed by atoms with Crippen LogP contribution in [0.25, 0.3) is 0 Å². The van der Waals surface area contributed by atoms with E-state index in [2.05, 4.69) is 20.3 Å². The highest BCUT2D eigenvalue weighted by Gasteiger charge is 2.22. The zero-order valence-corrected chi connectivity index (χ0v) is 8.58. The summed E-state index contributed by atoms with van der Waals surface area (Å²) in [6.45, 7) is 8.03. The molecule has 0 heterocycles. The first-order valence-corrected chi connectivity index (χ1v) is 6.98. The third-order valence-corrected chi connectivity index (χ3v) is 4.78. The van der Waals surface area contributed by atoms with Crippen molar-refractivity contribution in [2.24, 2.45) is 0 Å². The quantitative estimate of drug-likeness (QED) is 0.565. The Bertz CT molecular complexity index is 81.3. The van der Waals surface area contributed by atoms with Gasteiger partial charge in [0.1, 0.15) is 0 Å². The number of rotatable bonds is 5. The van der Waals surface area contributed by atoms with E-state index in [9.17, 15) is 0 Å². The molecule has 0 unspecified atom stereocenters. The summed E-state index contributed by atoms with van der Waals surface area (Å²) in [5.74, 6) is 0. The maximum atomic E-state index is 5.05. The maximum Gasteiger partial charge on any atom is 0.0822 e. The van der Waals surface area contributed by atoms with Crippen LogP contribution < -0.4 is 0 Å². The van der Waals surface area contributed by atoms with E-state index in [1.165, 1.54) is 18.7 Å². The first-order chi connectivity index (χ1) is 4.62. The summed E-state index contributed by atoms with van der Waals surface area (Å²) in [5, 5.41) is 0. The molecule has 0 spiro atoms. The van der Waals surface area contributed by atoms with Gasteiger partial charge in [0.05, 0.1) is 18.9 Å². The highest BCUT2D eigenvalue weighted by molar-refractivity contribution is 7.74. The molecule has 0 aromatic carbocycles. The van der Waals surface area contributed by atoms with Gasteiger partial charge in [-0.1, -0.05) is 6.92 Å². The molecule has 0 saturated heterocycles. The molecule has 0 fully saturated rings. The lowest BCUT2D eigenvalue weighted by molar-refractivity contribution is 0.217. The molecule has 1 nitrogen and oxygen atoms in total. The van der Waals surface area contributed by atoms with E-state index >= 15 is 0 Å². The largest absolute Gasteiger partial charge is 0.381 e. The number of hydrogen-bond donors (Lipinski definition) is 0. The van der Waals surface area contributed by atoms with E-state index in [1.54, 1.807) is 7.11 Å². The summed E-state index contributed by atoms with van der Waals surface area (Å²) in [6.07, 6.45) is 4.03. The minimum Gasteiger partial charge on any atom is -0.381 e. The van der Waals surface area contributed by atoms with Gasteiger partial charge in [-0.3, -0.25) is 0 Å². The lowest BCUT2D eigenvalue weighted by atomic mass is 10.6. The van der Waals surface area contributed by atoms with Crippen LogP contribution in [0.1, 0.15) is 13.3 Å². The molecule has 0 N–H and O–H groups in total. The van der Waals surface area contributed by atoms with Crippen molar-refractivity contribution in [2.45, 2.75) is 13.3 Å². The zero-order valence-electron chi connectivity index (χ0n) is 7.68. The summed E-state index contributed by atoms with van der Waals surface area (Å²) < 4.78 is 5.05. The van der Waals surface area contributed by atoms with E-state index in [0.29, 0.717) is 0 Å². The molecular formula is C8H20OP+. The zero-order chi connectivity index (χ0) is 8.04. The second-order valence-corrected chi connectivity index (χ2v) is 8.14. The summed E-state index contributed by atoms with van der Waals surface area (Å²) in [6, 6.07) is 0. The molecular weight excluding hydrogens is 143 g/mol. The maximum absolute atomic E-state index is 5.05. The van der Waals surface area contributed by atoms with Crippen molar-refractivity contribution in [1.82, 2.24) is 0 Å². The fourth-order valence-corrected chi connectivity index (χ4v) is 3.17. The Hall–Kier alpha value is 0.390. The third kappa shape index (κ3) is 5.20. The van der Waals surface area contributed by atoms with Gasteiger partial charge in [0, 0.05) is 27.7 Å². The SMILES string of the molecule is CCC[P+](C)(C)CCOC. The van der Waals surface area contributed by atoms with Crippen LogP contribution in [0, 0.1) is 0 Å². The van der Waals surface area contributed by atoms with Gasteiger partial charge in [-0.05, 0) is 6.42 Å². The van der Waals surface area contributed by atoms with Gasteiger partial charge in [-0.2, -0.15) is 0 Å². The van der Waals surface area contributed by atoms with Gasteiger partial charge in [0.15, 0.2) is 0 Å². The van der Waals surface area contributed by atoms with Crippen LogP contribution in [0.5, 0.6) is 0 Å². The van der Waals surface area contributed by atoms with Crippen molar-refractivity contribution >= 4 is 7.26 Å². The average molecular weight is 163 g/mol. The Kier molecular flexibility index (Phi) is 5.29. The molecule has 62 valence electrons. The number of methoxy groups -OCH3 is 1. The van der Waals surface area contributed by atoms with Crippen molar-refractivity contribution in [3.8, 4) is 0 Å². The molecule has 0 aliphatic carbocycles.